The number of fused-ring (bicyclic) bond motifs is 1. The van der Waals surface area contributed by atoms with E-state index in [4.69, 9.17) is 5.73 Å². The van der Waals surface area contributed by atoms with Gasteiger partial charge in [0.15, 0.2) is 0 Å². The number of anilines is 2. The summed E-state index contributed by atoms with van der Waals surface area (Å²) in [4.78, 5) is 14.6. The molecule has 0 saturated carbocycles. The summed E-state index contributed by atoms with van der Waals surface area (Å²) in [7, 11) is 0. The number of carbonyl (C=O) groups excluding carboxylic acids is 1. The van der Waals surface area contributed by atoms with E-state index in [1.165, 1.54) is 11.1 Å². The van der Waals surface area contributed by atoms with E-state index in [1.807, 2.05) is 23.1 Å². The molecule has 2 aromatic rings. The van der Waals surface area contributed by atoms with E-state index in [-0.39, 0.29) is 18.3 Å². The molecule has 2 N–H and O–H groups in total. The molecule has 0 aliphatic carbocycles. The van der Waals surface area contributed by atoms with Crippen LogP contribution >= 0.6 is 12.4 Å². The van der Waals surface area contributed by atoms with Crippen LogP contribution in [-0.4, -0.2) is 12.5 Å². The smallest absolute Gasteiger partial charge is 0.227 e. The van der Waals surface area contributed by atoms with Crippen LogP contribution in [0.3, 0.4) is 0 Å². The van der Waals surface area contributed by atoms with Gasteiger partial charge < -0.3 is 10.6 Å². The third-order valence-electron chi connectivity index (χ3n) is 4.65. The zero-order chi connectivity index (χ0) is 16.2. The number of carbonyl (C=O) groups is 1. The van der Waals surface area contributed by atoms with E-state index in [2.05, 4.69) is 31.2 Å². The maximum atomic E-state index is 12.7. The monoisotopic (exact) mass is 344 g/mol. The van der Waals surface area contributed by atoms with Gasteiger partial charge in [-0.15, -0.1) is 12.4 Å². The molecule has 0 atom stereocenters. The third-order valence-corrected chi connectivity index (χ3v) is 4.65. The molecule has 1 amide bonds. The van der Waals surface area contributed by atoms with E-state index in [9.17, 15) is 4.79 Å². The number of benzene rings is 2. The van der Waals surface area contributed by atoms with Gasteiger partial charge in [0.05, 0.1) is 0 Å². The van der Waals surface area contributed by atoms with Gasteiger partial charge in [-0.3, -0.25) is 4.79 Å². The molecule has 3 nitrogen and oxygen atoms in total. The van der Waals surface area contributed by atoms with E-state index >= 15 is 0 Å². The lowest BCUT2D eigenvalue weighted by Crippen LogP contribution is -2.35. The lowest BCUT2D eigenvalue weighted by molar-refractivity contribution is -0.118. The number of halogens is 1. The van der Waals surface area contributed by atoms with Crippen molar-refractivity contribution in [3.05, 3.63) is 59.2 Å². The summed E-state index contributed by atoms with van der Waals surface area (Å²) in [5.41, 5.74) is 11.5. The summed E-state index contributed by atoms with van der Waals surface area (Å²) in [5, 5.41) is 0. The van der Waals surface area contributed by atoms with Crippen molar-refractivity contribution in [2.45, 2.75) is 39.0 Å². The van der Waals surface area contributed by atoms with Crippen LogP contribution in [-0.2, 0) is 24.1 Å². The Labute approximate surface area is 150 Å². The SMILES string of the molecule is CCc1ccc(CCC(=O)N2CCCc3c(N)cccc32)cc1.Cl. The summed E-state index contributed by atoms with van der Waals surface area (Å²) < 4.78 is 0. The molecule has 24 heavy (non-hydrogen) atoms. The van der Waals surface area contributed by atoms with Gasteiger partial charge in [0.1, 0.15) is 0 Å². The first-order chi connectivity index (χ1) is 11.2. The van der Waals surface area contributed by atoms with Crippen molar-refractivity contribution in [2.24, 2.45) is 0 Å². The van der Waals surface area contributed by atoms with E-state index < -0.39 is 0 Å². The zero-order valence-corrected chi connectivity index (χ0v) is 14.9. The molecule has 0 fully saturated rings. The predicted octanol–water partition coefficient (Wildman–Crippen LogP) is 4.17. The summed E-state index contributed by atoms with van der Waals surface area (Å²) in [6.45, 7) is 2.95. The molecular weight excluding hydrogens is 320 g/mol. The standard InChI is InChI=1S/C20H24N2O.ClH/c1-2-15-8-10-16(11-9-15)12-13-20(23)22-14-4-5-17-18(21)6-3-7-19(17)22;/h3,6-11H,2,4-5,12-14,21H2,1H3;1H. The van der Waals surface area contributed by atoms with E-state index in [0.29, 0.717) is 6.42 Å². The maximum absolute atomic E-state index is 12.7. The van der Waals surface area contributed by atoms with Crippen LogP contribution in [0, 0.1) is 0 Å². The number of rotatable bonds is 4. The molecule has 1 aliphatic rings. The lowest BCUT2D eigenvalue weighted by Gasteiger charge is -2.30. The third kappa shape index (κ3) is 3.90. The Hall–Kier alpha value is -2.00. The number of hydrogen-bond donors (Lipinski definition) is 1. The molecule has 0 aromatic heterocycles. The Balaban J connectivity index is 0.00000208. The fraction of sp³-hybridized carbons (Fsp3) is 0.350. The van der Waals surface area contributed by atoms with E-state index in [0.717, 1.165) is 49.2 Å². The molecule has 128 valence electrons. The highest BCUT2D eigenvalue weighted by molar-refractivity contribution is 5.95. The van der Waals surface area contributed by atoms with Crippen LogP contribution in [0.15, 0.2) is 42.5 Å². The van der Waals surface area contributed by atoms with Gasteiger partial charge in [-0.05, 0) is 54.5 Å². The van der Waals surface area contributed by atoms with Crippen molar-refractivity contribution in [3.8, 4) is 0 Å². The minimum Gasteiger partial charge on any atom is -0.398 e. The molecule has 0 saturated heterocycles. The molecule has 1 aliphatic heterocycles. The highest BCUT2D eigenvalue weighted by Crippen LogP contribution is 2.31. The average molecular weight is 345 g/mol. The van der Waals surface area contributed by atoms with Crippen molar-refractivity contribution < 1.29 is 4.79 Å². The van der Waals surface area contributed by atoms with Gasteiger partial charge in [-0.2, -0.15) is 0 Å². The minimum absolute atomic E-state index is 0. The number of nitrogens with zero attached hydrogens (tertiary/aromatic N) is 1. The second-order valence-corrected chi connectivity index (χ2v) is 6.16. The number of nitrogen functional groups attached to an aromatic ring is 1. The second-order valence-electron chi connectivity index (χ2n) is 6.16. The van der Waals surface area contributed by atoms with Gasteiger partial charge in [0.2, 0.25) is 5.91 Å². The first-order valence-corrected chi connectivity index (χ1v) is 8.44. The lowest BCUT2D eigenvalue weighted by atomic mass is 9.99. The molecule has 1 heterocycles. The van der Waals surface area contributed by atoms with Crippen molar-refractivity contribution in [2.75, 3.05) is 17.2 Å². The van der Waals surface area contributed by atoms with Crippen LogP contribution in [0.2, 0.25) is 0 Å². The first kappa shape index (κ1) is 18.3. The molecule has 2 aromatic carbocycles. The highest BCUT2D eigenvalue weighted by Gasteiger charge is 2.23. The Bertz CT molecular complexity index is 697. The van der Waals surface area contributed by atoms with Crippen molar-refractivity contribution in [1.29, 1.82) is 0 Å². The minimum atomic E-state index is 0. The topological polar surface area (TPSA) is 46.3 Å². The fourth-order valence-corrected chi connectivity index (χ4v) is 3.24. The molecule has 0 bridgehead atoms. The van der Waals surface area contributed by atoms with Crippen LogP contribution in [0.25, 0.3) is 0 Å². The Morgan fingerprint density at radius 1 is 1.12 bits per heavy atom. The molecular formula is C20H25ClN2O. The molecule has 0 spiro atoms. The van der Waals surface area contributed by atoms with Gasteiger partial charge >= 0.3 is 0 Å². The Kier molecular flexibility index (Phi) is 6.27. The van der Waals surface area contributed by atoms with Crippen molar-refractivity contribution in [1.82, 2.24) is 0 Å². The molecule has 0 unspecified atom stereocenters. The van der Waals surface area contributed by atoms with Gasteiger partial charge in [0, 0.05) is 24.3 Å². The number of amides is 1. The first-order valence-electron chi connectivity index (χ1n) is 8.44. The molecule has 0 radical (unpaired) electrons. The Morgan fingerprint density at radius 3 is 2.54 bits per heavy atom. The van der Waals surface area contributed by atoms with Crippen LogP contribution in [0.1, 0.15) is 36.5 Å². The van der Waals surface area contributed by atoms with Gasteiger partial charge in [-0.1, -0.05) is 37.3 Å². The maximum Gasteiger partial charge on any atom is 0.227 e. The predicted molar refractivity (Wildman–Crippen MR) is 103 cm³/mol. The van der Waals surface area contributed by atoms with E-state index in [1.54, 1.807) is 0 Å². The number of hydrogen-bond acceptors (Lipinski definition) is 2. The normalized spacial score (nSPS) is 13.1. The second kappa shape index (κ2) is 8.20. The van der Waals surface area contributed by atoms with Crippen LogP contribution < -0.4 is 10.6 Å². The zero-order valence-electron chi connectivity index (χ0n) is 14.1. The Morgan fingerprint density at radius 2 is 1.83 bits per heavy atom. The number of aryl methyl sites for hydroxylation is 2. The van der Waals surface area contributed by atoms with Crippen LogP contribution in [0.4, 0.5) is 11.4 Å². The average Bonchev–Trinajstić information content (AvgIpc) is 2.60. The summed E-state index contributed by atoms with van der Waals surface area (Å²) in [5.74, 6) is 0.191. The van der Waals surface area contributed by atoms with Crippen molar-refractivity contribution in [3.63, 3.8) is 0 Å². The van der Waals surface area contributed by atoms with Crippen molar-refractivity contribution >= 4 is 29.7 Å². The largest absolute Gasteiger partial charge is 0.398 e. The summed E-state index contributed by atoms with van der Waals surface area (Å²) >= 11 is 0. The van der Waals surface area contributed by atoms with Gasteiger partial charge in [0.25, 0.3) is 0 Å². The fourth-order valence-electron chi connectivity index (χ4n) is 3.24. The molecule has 3 rings (SSSR count). The summed E-state index contributed by atoms with van der Waals surface area (Å²) in [6.07, 6.45) is 4.32. The van der Waals surface area contributed by atoms with Crippen LogP contribution in [0.5, 0.6) is 0 Å². The molecule has 4 heteroatoms. The quantitative estimate of drug-likeness (QED) is 0.846. The highest BCUT2D eigenvalue weighted by atomic mass is 35.5. The summed E-state index contributed by atoms with van der Waals surface area (Å²) in [6, 6.07) is 14.4. The van der Waals surface area contributed by atoms with Gasteiger partial charge in [-0.25, -0.2) is 0 Å². The number of nitrogens with two attached hydrogens (primary N) is 1.